The zero-order valence-electron chi connectivity index (χ0n) is 20.3. The molecule has 1 heterocycles. The van der Waals surface area contributed by atoms with Crippen LogP contribution in [0.25, 0.3) is 6.08 Å². The molecular weight excluding hydrogens is 551 g/mol. The fourth-order valence-electron chi connectivity index (χ4n) is 3.92. The van der Waals surface area contributed by atoms with Crippen molar-refractivity contribution in [3.8, 4) is 5.75 Å². The van der Waals surface area contributed by atoms with Gasteiger partial charge in [0.25, 0.3) is 11.1 Å². The van der Waals surface area contributed by atoms with Crippen LogP contribution in [0.3, 0.4) is 0 Å². The van der Waals surface area contributed by atoms with Crippen molar-refractivity contribution in [2.75, 3.05) is 18.0 Å². The van der Waals surface area contributed by atoms with Gasteiger partial charge in [-0.15, -0.1) is 0 Å². The summed E-state index contributed by atoms with van der Waals surface area (Å²) in [6.45, 7) is 6.16. The molecule has 0 atom stereocenters. The molecule has 0 radical (unpaired) electrons. The topological polar surface area (TPSA) is 49.9 Å². The number of halogens is 3. The lowest BCUT2D eigenvalue weighted by molar-refractivity contribution is -0.123. The number of benzene rings is 3. The highest BCUT2D eigenvalue weighted by Crippen LogP contribution is 2.37. The van der Waals surface area contributed by atoms with Crippen molar-refractivity contribution in [3.63, 3.8) is 0 Å². The zero-order chi connectivity index (χ0) is 26.5. The van der Waals surface area contributed by atoms with E-state index in [2.05, 4.69) is 18.7 Å². The van der Waals surface area contributed by atoms with Crippen molar-refractivity contribution >= 4 is 69.5 Å². The van der Waals surface area contributed by atoms with E-state index in [1.54, 1.807) is 36.4 Å². The summed E-state index contributed by atoms with van der Waals surface area (Å²) >= 11 is 19.5. The zero-order valence-corrected chi connectivity index (χ0v) is 23.4. The molecule has 0 saturated carbocycles. The maximum absolute atomic E-state index is 13.2. The normalized spacial score (nSPS) is 14.5. The van der Waals surface area contributed by atoms with Crippen LogP contribution in [0.1, 0.15) is 30.5 Å². The predicted molar refractivity (Wildman–Crippen MR) is 154 cm³/mol. The minimum absolute atomic E-state index is 0.112. The number of anilines is 1. The summed E-state index contributed by atoms with van der Waals surface area (Å²) in [5, 5.41) is 1.22. The quantitative estimate of drug-likeness (QED) is 0.240. The summed E-state index contributed by atoms with van der Waals surface area (Å²) in [4.78, 5) is 29.6. The molecule has 1 saturated heterocycles. The standard InChI is InChI=1S/C28H25Cl3N2O3S/c1-3-32(4-2)22-12-10-18(25(15-22)36-17-20-9-11-21(29)14-24(20)31)13-26-27(34)33(28(35)37-26)16-19-7-5-6-8-23(19)30/h5-15H,3-4,16-17H2,1-2H3/b26-13-. The average Bonchev–Trinajstić information content (AvgIpc) is 3.14. The first-order valence-corrected chi connectivity index (χ1v) is 13.7. The number of imide groups is 1. The van der Waals surface area contributed by atoms with E-state index in [0.29, 0.717) is 36.8 Å². The van der Waals surface area contributed by atoms with E-state index in [1.807, 2.05) is 30.3 Å². The third kappa shape index (κ3) is 6.44. The fraction of sp³-hybridized carbons (Fsp3) is 0.214. The lowest BCUT2D eigenvalue weighted by Crippen LogP contribution is -2.27. The first-order chi connectivity index (χ1) is 17.8. The van der Waals surface area contributed by atoms with Crippen LogP contribution in [0.2, 0.25) is 15.1 Å². The molecule has 0 spiro atoms. The number of hydrogen-bond acceptors (Lipinski definition) is 5. The van der Waals surface area contributed by atoms with Gasteiger partial charge in [0.05, 0.1) is 11.4 Å². The van der Waals surface area contributed by atoms with Crippen molar-refractivity contribution in [3.05, 3.63) is 97.3 Å². The summed E-state index contributed by atoms with van der Waals surface area (Å²) in [7, 11) is 0. The second kappa shape index (κ2) is 12.3. The van der Waals surface area contributed by atoms with E-state index in [4.69, 9.17) is 39.5 Å². The summed E-state index contributed by atoms with van der Waals surface area (Å²) < 4.78 is 6.20. The SMILES string of the molecule is CCN(CC)c1ccc(/C=C2\SC(=O)N(Cc3ccccc3Cl)C2=O)c(OCc2ccc(Cl)cc2Cl)c1. The third-order valence-corrected chi connectivity index (χ3v) is 7.83. The van der Waals surface area contributed by atoms with Crippen LogP contribution in [-0.4, -0.2) is 29.1 Å². The Hall–Kier alpha value is -2.64. The van der Waals surface area contributed by atoms with Gasteiger partial charge in [-0.1, -0.05) is 59.1 Å². The Morgan fingerprint density at radius 1 is 0.919 bits per heavy atom. The number of ether oxygens (including phenoxy) is 1. The highest BCUT2D eigenvalue weighted by Gasteiger charge is 2.35. The number of nitrogens with zero attached hydrogens (tertiary/aromatic N) is 2. The lowest BCUT2D eigenvalue weighted by Gasteiger charge is -2.22. The van der Waals surface area contributed by atoms with Gasteiger partial charge < -0.3 is 9.64 Å². The molecule has 0 aliphatic carbocycles. The Labute approximate surface area is 235 Å². The lowest BCUT2D eigenvalue weighted by atomic mass is 10.1. The van der Waals surface area contributed by atoms with Crippen molar-refractivity contribution in [2.24, 2.45) is 0 Å². The molecule has 3 aromatic carbocycles. The molecule has 4 rings (SSSR count). The number of rotatable bonds is 9. The van der Waals surface area contributed by atoms with Crippen LogP contribution in [0.4, 0.5) is 10.5 Å². The molecule has 1 aliphatic rings. The molecule has 2 amide bonds. The van der Waals surface area contributed by atoms with Crippen molar-refractivity contribution in [2.45, 2.75) is 27.0 Å². The maximum Gasteiger partial charge on any atom is 0.293 e. The molecule has 0 N–H and O–H groups in total. The van der Waals surface area contributed by atoms with Gasteiger partial charge in [-0.05, 0) is 67.6 Å². The third-order valence-electron chi connectivity index (χ3n) is 5.97. The van der Waals surface area contributed by atoms with Gasteiger partial charge in [0.1, 0.15) is 12.4 Å². The monoisotopic (exact) mass is 574 g/mol. The van der Waals surface area contributed by atoms with Gasteiger partial charge in [0, 0.05) is 51.0 Å². The Morgan fingerprint density at radius 3 is 2.38 bits per heavy atom. The van der Waals surface area contributed by atoms with Crippen LogP contribution >= 0.6 is 46.6 Å². The smallest absolute Gasteiger partial charge is 0.293 e. The molecule has 0 aromatic heterocycles. The van der Waals surface area contributed by atoms with E-state index >= 15 is 0 Å². The van der Waals surface area contributed by atoms with Crippen LogP contribution in [0.5, 0.6) is 5.75 Å². The molecular formula is C28H25Cl3N2O3S. The van der Waals surface area contributed by atoms with Gasteiger partial charge in [-0.3, -0.25) is 14.5 Å². The predicted octanol–water partition coefficient (Wildman–Crippen LogP) is 8.31. The van der Waals surface area contributed by atoms with Gasteiger partial charge in [-0.2, -0.15) is 0 Å². The van der Waals surface area contributed by atoms with E-state index in [1.165, 1.54) is 4.90 Å². The summed E-state index contributed by atoms with van der Waals surface area (Å²) in [6, 6.07) is 18.2. The highest BCUT2D eigenvalue weighted by atomic mass is 35.5. The van der Waals surface area contributed by atoms with Crippen molar-refractivity contribution in [1.29, 1.82) is 0 Å². The van der Waals surface area contributed by atoms with Crippen LogP contribution in [0, 0.1) is 0 Å². The number of carbonyl (C=O) groups is 2. The van der Waals surface area contributed by atoms with Crippen LogP contribution in [0.15, 0.2) is 65.6 Å². The molecule has 9 heteroatoms. The number of hydrogen-bond donors (Lipinski definition) is 0. The second-order valence-corrected chi connectivity index (χ2v) is 10.5. The second-order valence-electron chi connectivity index (χ2n) is 8.28. The number of amides is 2. The summed E-state index contributed by atoms with van der Waals surface area (Å²) in [5.74, 6) is 0.211. The fourth-order valence-corrected chi connectivity index (χ4v) is 5.41. The van der Waals surface area contributed by atoms with E-state index in [-0.39, 0.29) is 24.3 Å². The Kier molecular flexibility index (Phi) is 9.08. The molecule has 192 valence electrons. The molecule has 3 aromatic rings. The van der Waals surface area contributed by atoms with Crippen LogP contribution in [-0.2, 0) is 17.9 Å². The van der Waals surface area contributed by atoms with Gasteiger partial charge in [0.15, 0.2) is 0 Å². The minimum atomic E-state index is -0.366. The summed E-state index contributed by atoms with van der Waals surface area (Å²) in [5.41, 5.74) is 3.17. The van der Waals surface area contributed by atoms with E-state index in [0.717, 1.165) is 36.1 Å². The van der Waals surface area contributed by atoms with E-state index in [9.17, 15) is 9.59 Å². The average molecular weight is 576 g/mol. The number of carbonyl (C=O) groups excluding carboxylic acids is 2. The molecule has 0 bridgehead atoms. The molecule has 37 heavy (non-hydrogen) atoms. The van der Waals surface area contributed by atoms with Gasteiger partial charge in [0.2, 0.25) is 0 Å². The Balaban J connectivity index is 1.63. The largest absolute Gasteiger partial charge is 0.488 e. The molecule has 0 unspecified atom stereocenters. The van der Waals surface area contributed by atoms with Crippen molar-refractivity contribution in [1.82, 2.24) is 4.90 Å². The first-order valence-electron chi connectivity index (χ1n) is 11.7. The minimum Gasteiger partial charge on any atom is -0.488 e. The van der Waals surface area contributed by atoms with Crippen LogP contribution < -0.4 is 9.64 Å². The number of thioether (sulfide) groups is 1. The Morgan fingerprint density at radius 2 is 1.68 bits per heavy atom. The van der Waals surface area contributed by atoms with E-state index < -0.39 is 0 Å². The molecule has 1 aliphatic heterocycles. The first kappa shape index (κ1) is 27.4. The highest BCUT2D eigenvalue weighted by molar-refractivity contribution is 8.18. The molecule has 5 nitrogen and oxygen atoms in total. The maximum atomic E-state index is 13.2. The van der Waals surface area contributed by atoms with Crippen molar-refractivity contribution < 1.29 is 14.3 Å². The summed E-state index contributed by atoms with van der Waals surface area (Å²) in [6.07, 6.45) is 1.70. The molecule has 1 fully saturated rings. The van der Waals surface area contributed by atoms with Gasteiger partial charge >= 0.3 is 0 Å². The Bertz CT molecular complexity index is 1360. The van der Waals surface area contributed by atoms with Gasteiger partial charge in [-0.25, -0.2) is 0 Å².